The van der Waals surface area contributed by atoms with Gasteiger partial charge < -0.3 is 15.2 Å². The summed E-state index contributed by atoms with van der Waals surface area (Å²) in [7, 11) is 0. The van der Waals surface area contributed by atoms with E-state index < -0.39 is 0 Å². The number of hydrogen-bond acceptors (Lipinski definition) is 3. The van der Waals surface area contributed by atoms with Crippen molar-refractivity contribution in [1.29, 1.82) is 0 Å². The van der Waals surface area contributed by atoms with Gasteiger partial charge in [-0.1, -0.05) is 33.6 Å². The number of amides is 1. The van der Waals surface area contributed by atoms with E-state index in [2.05, 4.69) is 12.2 Å². The number of carbonyl (C=O) groups is 1. The molecule has 0 radical (unpaired) electrons. The van der Waals surface area contributed by atoms with E-state index in [-0.39, 0.29) is 30.6 Å². The predicted octanol–water partition coefficient (Wildman–Crippen LogP) is 2.10. The Labute approximate surface area is 116 Å². The molecule has 3 unspecified atom stereocenters. The molecule has 1 saturated carbocycles. The van der Waals surface area contributed by atoms with Gasteiger partial charge in [0, 0.05) is 6.54 Å². The first kappa shape index (κ1) is 16.4. The lowest BCUT2D eigenvalue weighted by Crippen LogP contribution is -2.33. The Morgan fingerprint density at radius 3 is 2.79 bits per heavy atom. The molecule has 1 aliphatic carbocycles. The molecule has 0 aromatic rings. The Balaban J connectivity index is 2.07. The van der Waals surface area contributed by atoms with Crippen LogP contribution >= 0.6 is 0 Å². The summed E-state index contributed by atoms with van der Waals surface area (Å²) in [5, 5.41) is 12.4. The minimum atomic E-state index is -0.347. The molecule has 0 aliphatic heterocycles. The molecular formula is C15H29NO3. The SMILES string of the molecule is CC1CCCC(OCC(=O)NCCC(O)C(C)C)C1. The van der Waals surface area contributed by atoms with Crippen molar-refractivity contribution in [2.45, 2.75) is 65.1 Å². The van der Waals surface area contributed by atoms with Crippen molar-refractivity contribution in [3.05, 3.63) is 0 Å². The van der Waals surface area contributed by atoms with Crippen LogP contribution < -0.4 is 5.32 Å². The van der Waals surface area contributed by atoms with E-state index in [9.17, 15) is 9.90 Å². The van der Waals surface area contributed by atoms with Crippen LogP contribution in [0.15, 0.2) is 0 Å². The Bertz CT molecular complexity index is 268. The fourth-order valence-electron chi connectivity index (χ4n) is 2.47. The highest BCUT2D eigenvalue weighted by molar-refractivity contribution is 5.77. The first-order chi connectivity index (χ1) is 8.99. The Morgan fingerprint density at radius 1 is 1.42 bits per heavy atom. The largest absolute Gasteiger partial charge is 0.393 e. The van der Waals surface area contributed by atoms with Crippen LogP contribution in [0.1, 0.15) is 52.9 Å². The van der Waals surface area contributed by atoms with E-state index in [0.29, 0.717) is 18.9 Å². The lowest BCUT2D eigenvalue weighted by molar-refractivity contribution is -0.128. The molecule has 1 fully saturated rings. The Hall–Kier alpha value is -0.610. The number of rotatable bonds is 7. The van der Waals surface area contributed by atoms with E-state index in [1.54, 1.807) is 0 Å². The van der Waals surface area contributed by atoms with Crippen molar-refractivity contribution in [2.24, 2.45) is 11.8 Å². The van der Waals surface area contributed by atoms with Crippen LogP contribution in [0.4, 0.5) is 0 Å². The average Bonchev–Trinajstić information content (AvgIpc) is 2.36. The number of carbonyl (C=O) groups excluding carboxylic acids is 1. The fourth-order valence-corrected chi connectivity index (χ4v) is 2.47. The maximum absolute atomic E-state index is 11.6. The topological polar surface area (TPSA) is 58.6 Å². The standard InChI is InChI=1S/C15H29NO3/c1-11(2)14(17)7-8-16-15(18)10-19-13-6-4-5-12(3)9-13/h11-14,17H,4-10H2,1-3H3,(H,16,18). The number of hydrogen-bond donors (Lipinski definition) is 2. The van der Waals surface area contributed by atoms with Crippen LogP contribution in [-0.4, -0.2) is 36.4 Å². The van der Waals surface area contributed by atoms with Crippen molar-refractivity contribution in [3.8, 4) is 0 Å². The summed E-state index contributed by atoms with van der Waals surface area (Å²) in [6.45, 7) is 6.85. The van der Waals surface area contributed by atoms with E-state index in [1.165, 1.54) is 12.8 Å². The highest BCUT2D eigenvalue weighted by atomic mass is 16.5. The summed E-state index contributed by atoms with van der Waals surface area (Å²) < 4.78 is 5.65. The first-order valence-electron chi connectivity index (χ1n) is 7.55. The van der Waals surface area contributed by atoms with Gasteiger partial charge in [0.2, 0.25) is 5.91 Å². The zero-order chi connectivity index (χ0) is 14.3. The van der Waals surface area contributed by atoms with Gasteiger partial charge in [0.1, 0.15) is 6.61 Å². The van der Waals surface area contributed by atoms with Gasteiger partial charge in [0.05, 0.1) is 12.2 Å². The van der Waals surface area contributed by atoms with Gasteiger partial charge in [0.25, 0.3) is 0 Å². The third-order valence-electron chi connectivity index (χ3n) is 3.87. The van der Waals surface area contributed by atoms with Gasteiger partial charge >= 0.3 is 0 Å². The molecule has 0 spiro atoms. The third-order valence-corrected chi connectivity index (χ3v) is 3.87. The molecule has 1 rings (SSSR count). The first-order valence-corrected chi connectivity index (χ1v) is 7.55. The highest BCUT2D eigenvalue weighted by Gasteiger charge is 2.20. The van der Waals surface area contributed by atoms with Gasteiger partial charge in [0.15, 0.2) is 0 Å². The second-order valence-corrected chi connectivity index (χ2v) is 6.15. The van der Waals surface area contributed by atoms with Gasteiger partial charge in [-0.05, 0) is 31.1 Å². The molecule has 1 amide bonds. The molecule has 4 nitrogen and oxygen atoms in total. The zero-order valence-electron chi connectivity index (χ0n) is 12.5. The smallest absolute Gasteiger partial charge is 0.246 e. The van der Waals surface area contributed by atoms with Crippen molar-refractivity contribution < 1.29 is 14.6 Å². The molecule has 0 saturated heterocycles. The summed E-state index contributed by atoms with van der Waals surface area (Å²) in [6.07, 6.45) is 5.12. The molecule has 0 heterocycles. The van der Waals surface area contributed by atoms with Crippen molar-refractivity contribution >= 4 is 5.91 Å². The Morgan fingerprint density at radius 2 is 2.16 bits per heavy atom. The molecule has 4 heteroatoms. The monoisotopic (exact) mass is 271 g/mol. The summed E-state index contributed by atoms with van der Waals surface area (Å²) >= 11 is 0. The molecule has 0 aromatic heterocycles. The van der Waals surface area contributed by atoms with Crippen molar-refractivity contribution in [1.82, 2.24) is 5.32 Å². The van der Waals surface area contributed by atoms with E-state index >= 15 is 0 Å². The van der Waals surface area contributed by atoms with Crippen LogP contribution in [0.25, 0.3) is 0 Å². The van der Waals surface area contributed by atoms with Crippen LogP contribution in [0.3, 0.4) is 0 Å². The van der Waals surface area contributed by atoms with Crippen LogP contribution in [0.5, 0.6) is 0 Å². The molecule has 3 atom stereocenters. The highest BCUT2D eigenvalue weighted by Crippen LogP contribution is 2.25. The summed E-state index contributed by atoms with van der Waals surface area (Å²) in [6, 6.07) is 0. The van der Waals surface area contributed by atoms with Crippen LogP contribution in [0.2, 0.25) is 0 Å². The lowest BCUT2D eigenvalue weighted by atomic mass is 9.89. The molecule has 19 heavy (non-hydrogen) atoms. The van der Waals surface area contributed by atoms with Gasteiger partial charge in [-0.25, -0.2) is 0 Å². The number of ether oxygens (including phenoxy) is 1. The van der Waals surface area contributed by atoms with Gasteiger partial charge in [-0.3, -0.25) is 4.79 Å². The number of nitrogens with one attached hydrogen (secondary N) is 1. The third kappa shape index (κ3) is 6.92. The maximum atomic E-state index is 11.6. The van der Waals surface area contributed by atoms with Crippen LogP contribution in [0, 0.1) is 11.8 Å². The minimum absolute atomic E-state index is 0.0748. The fraction of sp³-hybridized carbons (Fsp3) is 0.933. The molecule has 112 valence electrons. The molecule has 2 N–H and O–H groups in total. The van der Waals surface area contributed by atoms with E-state index in [4.69, 9.17) is 4.74 Å². The maximum Gasteiger partial charge on any atom is 0.246 e. The van der Waals surface area contributed by atoms with Gasteiger partial charge in [-0.15, -0.1) is 0 Å². The normalized spacial score (nSPS) is 25.3. The summed E-state index contributed by atoms with van der Waals surface area (Å²) in [5.74, 6) is 0.870. The second kappa shape index (κ2) is 8.54. The lowest BCUT2D eigenvalue weighted by Gasteiger charge is -2.26. The predicted molar refractivity (Wildman–Crippen MR) is 75.8 cm³/mol. The summed E-state index contributed by atoms with van der Waals surface area (Å²) in [4.78, 5) is 11.6. The van der Waals surface area contributed by atoms with Crippen LogP contribution in [-0.2, 0) is 9.53 Å². The molecular weight excluding hydrogens is 242 g/mol. The van der Waals surface area contributed by atoms with Crippen molar-refractivity contribution in [2.75, 3.05) is 13.2 Å². The van der Waals surface area contributed by atoms with E-state index in [1.807, 2.05) is 13.8 Å². The van der Waals surface area contributed by atoms with Gasteiger partial charge in [-0.2, -0.15) is 0 Å². The molecule has 0 aromatic carbocycles. The zero-order valence-corrected chi connectivity index (χ0v) is 12.5. The minimum Gasteiger partial charge on any atom is -0.393 e. The molecule has 1 aliphatic rings. The average molecular weight is 271 g/mol. The second-order valence-electron chi connectivity index (χ2n) is 6.15. The van der Waals surface area contributed by atoms with Crippen molar-refractivity contribution in [3.63, 3.8) is 0 Å². The number of aliphatic hydroxyl groups excluding tert-OH is 1. The Kier molecular flexibility index (Phi) is 7.39. The quantitative estimate of drug-likeness (QED) is 0.745. The number of aliphatic hydroxyl groups is 1. The van der Waals surface area contributed by atoms with E-state index in [0.717, 1.165) is 12.8 Å². The molecule has 0 bridgehead atoms. The summed E-state index contributed by atoms with van der Waals surface area (Å²) in [5.41, 5.74) is 0.